The van der Waals surface area contributed by atoms with Crippen LogP contribution in [0.2, 0.25) is 0 Å². The molecule has 112 valence electrons. The summed E-state index contributed by atoms with van der Waals surface area (Å²) in [5.41, 5.74) is 1.81. The van der Waals surface area contributed by atoms with Crippen LogP contribution in [0.3, 0.4) is 0 Å². The Labute approximate surface area is 130 Å². The Kier molecular flexibility index (Phi) is 4.22. The van der Waals surface area contributed by atoms with Gasteiger partial charge < -0.3 is 10.4 Å². The van der Waals surface area contributed by atoms with Gasteiger partial charge in [-0.05, 0) is 44.9 Å². The summed E-state index contributed by atoms with van der Waals surface area (Å²) < 4.78 is 1.42. The van der Waals surface area contributed by atoms with Crippen LogP contribution in [0.4, 0.5) is 0 Å². The molecule has 3 rings (SSSR count). The van der Waals surface area contributed by atoms with Gasteiger partial charge in [0.25, 0.3) is 5.91 Å². The van der Waals surface area contributed by atoms with Crippen molar-refractivity contribution >= 4 is 17.2 Å². The molecule has 0 saturated carbocycles. The van der Waals surface area contributed by atoms with Crippen molar-refractivity contribution in [3.05, 3.63) is 58.5 Å². The monoisotopic (exact) mass is 315 g/mol. The lowest BCUT2D eigenvalue weighted by molar-refractivity contribution is 0.0916. The number of nitrogens with zero attached hydrogens (tertiary/aromatic N) is 4. The highest BCUT2D eigenvalue weighted by Crippen LogP contribution is 2.16. The second kappa shape index (κ2) is 6.46. The number of hydrogen-bond donors (Lipinski definition) is 2. The SMILES string of the molecule is O=C(NCC(O)c1ccsc1)c1ccccc1-n1cnnn1. The maximum atomic E-state index is 12.3. The molecule has 7 nitrogen and oxygen atoms in total. The number of nitrogens with one attached hydrogen (secondary N) is 1. The fourth-order valence-corrected chi connectivity index (χ4v) is 2.71. The average Bonchev–Trinajstić information content (AvgIpc) is 3.24. The molecule has 1 aromatic carbocycles. The molecule has 2 N–H and O–H groups in total. The number of aromatic nitrogens is 4. The van der Waals surface area contributed by atoms with Gasteiger partial charge in [0.15, 0.2) is 0 Å². The molecule has 0 bridgehead atoms. The van der Waals surface area contributed by atoms with Crippen LogP contribution in [-0.4, -0.2) is 37.8 Å². The minimum atomic E-state index is -0.726. The number of para-hydroxylation sites is 1. The van der Waals surface area contributed by atoms with Crippen LogP contribution < -0.4 is 5.32 Å². The van der Waals surface area contributed by atoms with Crippen molar-refractivity contribution in [2.45, 2.75) is 6.10 Å². The van der Waals surface area contributed by atoms with Gasteiger partial charge in [-0.1, -0.05) is 12.1 Å². The molecular weight excluding hydrogens is 302 g/mol. The zero-order valence-corrected chi connectivity index (χ0v) is 12.3. The first kappa shape index (κ1) is 14.4. The minimum Gasteiger partial charge on any atom is -0.387 e. The van der Waals surface area contributed by atoms with Gasteiger partial charge in [0, 0.05) is 6.54 Å². The van der Waals surface area contributed by atoms with E-state index in [4.69, 9.17) is 0 Å². The molecule has 0 aliphatic heterocycles. The number of hydrogen-bond acceptors (Lipinski definition) is 6. The van der Waals surface area contributed by atoms with Gasteiger partial charge in [0.2, 0.25) is 0 Å². The third-order valence-corrected chi connectivity index (χ3v) is 3.83. The minimum absolute atomic E-state index is 0.138. The van der Waals surface area contributed by atoms with Crippen molar-refractivity contribution in [3.63, 3.8) is 0 Å². The number of amides is 1. The van der Waals surface area contributed by atoms with Gasteiger partial charge in [0.05, 0.1) is 17.4 Å². The fraction of sp³-hybridized carbons (Fsp3) is 0.143. The number of tetrazole rings is 1. The van der Waals surface area contributed by atoms with E-state index < -0.39 is 6.10 Å². The molecule has 2 heterocycles. The lowest BCUT2D eigenvalue weighted by atomic mass is 10.1. The van der Waals surface area contributed by atoms with E-state index in [1.807, 2.05) is 16.8 Å². The van der Waals surface area contributed by atoms with Crippen LogP contribution in [0, 0.1) is 0 Å². The lowest BCUT2D eigenvalue weighted by Gasteiger charge is -2.12. The summed E-state index contributed by atoms with van der Waals surface area (Å²) in [6.45, 7) is 0.138. The molecule has 1 amide bonds. The predicted molar refractivity (Wildman–Crippen MR) is 80.8 cm³/mol. The van der Waals surface area contributed by atoms with E-state index in [2.05, 4.69) is 20.8 Å². The molecule has 0 fully saturated rings. The van der Waals surface area contributed by atoms with Crippen molar-refractivity contribution in [1.29, 1.82) is 0 Å². The Morgan fingerprint density at radius 2 is 2.23 bits per heavy atom. The van der Waals surface area contributed by atoms with Gasteiger partial charge in [-0.2, -0.15) is 16.0 Å². The summed E-state index contributed by atoms with van der Waals surface area (Å²) in [7, 11) is 0. The van der Waals surface area contributed by atoms with E-state index in [9.17, 15) is 9.90 Å². The summed E-state index contributed by atoms with van der Waals surface area (Å²) in [6.07, 6.45) is 0.696. The number of benzene rings is 1. The molecule has 0 saturated heterocycles. The van der Waals surface area contributed by atoms with Gasteiger partial charge >= 0.3 is 0 Å². The number of carbonyl (C=O) groups excluding carboxylic acids is 1. The fourth-order valence-electron chi connectivity index (χ4n) is 2.00. The topological polar surface area (TPSA) is 92.9 Å². The quantitative estimate of drug-likeness (QED) is 0.737. The van der Waals surface area contributed by atoms with Crippen LogP contribution in [0.5, 0.6) is 0 Å². The predicted octanol–water partition coefficient (Wildman–Crippen LogP) is 1.19. The third kappa shape index (κ3) is 3.02. The largest absolute Gasteiger partial charge is 0.387 e. The Bertz CT molecular complexity index is 742. The molecule has 1 unspecified atom stereocenters. The number of thiophene rings is 1. The second-order valence-corrected chi connectivity index (χ2v) is 5.33. The normalized spacial score (nSPS) is 12.0. The molecule has 2 aromatic heterocycles. The van der Waals surface area contributed by atoms with Gasteiger partial charge in [-0.3, -0.25) is 4.79 Å². The first-order valence-electron chi connectivity index (χ1n) is 6.56. The number of rotatable bonds is 5. The van der Waals surface area contributed by atoms with Crippen LogP contribution in [-0.2, 0) is 0 Å². The summed E-state index contributed by atoms with van der Waals surface area (Å²) in [4.78, 5) is 12.3. The third-order valence-electron chi connectivity index (χ3n) is 3.13. The average molecular weight is 315 g/mol. The van der Waals surface area contributed by atoms with Gasteiger partial charge in [0.1, 0.15) is 6.33 Å². The Hall–Kier alpha value is -2.58. The summed E-state index contributed by atoms with van der Waals surface area (Å²) >= 11 is 1.50. The number of aliphatic hydroxyl groups excluding tert-OH is 1. The molecule has 1 atom stereocenters. The second-order valence-electron chi connectivity index (χ2n) is 4.55. The highest BCUT2D eigenvalue weighted by atomic mass is 32.1. The van der Waals surface area contributed by atoms with E-state index in [1.165, 1.54) is 22.3 Å². The maximum absolute atomic E-state index is 12.3. The molecule has 0 aliphatic carbocycles. The number of aliphatic hydroxyl groups is 1. The molecule has 0 aliphatic rings. The molecule has 3 aromatic rings. The first-order valence-corrected chi connectivity index (χ1v) is 7.51. The zero-order chi connectivity index (χ0) is 15.4. The number of carbonyl (C=O) groups is 1. The van der Waals surface area contributed by atoms with E-state index in [0.29, 0.717) is 11.3 Å². The highest BCUT2D eigenvalue weighted by Gasteiger charge is 2.15. The van der Waals surface area contributed by atoms with Crippen LogP contribution in [0.25, 0.3) is 5.69 Å². The molecule has 8 heteroatoms. The molecule has 22 heavy (non-hydrogen) atoms. The smallest absolute Gasteiger partial charge is 0.253 e. The van der Waals surface area contributed by atoms with Crippen molar-refractivity contribution in [2.75, 3.05) is 6.54 Å². The summed E-state index contributed by atoms with van der Waals surface area (Å²) in [5.74, 6) is -0.291. The van der Waals surface area contributed by atoms with E-state index in [1.54, 1.807) is 24.3 Å². The van der Waals surface area contributed by atoms with Crippen molar-refractivity contribution in [2.24, 2.45) is 0 Å². The molecule has 0 radical (unpaired) electrons. The summed E-state index contributed by atoms with van der Waals surface area (Å²) in [6, 6.07) is 8.83. The maximum Gasteiger partial charge on any atom is 0.253 e. The highest BCUT2D eigenvalue weighted by molar-refractivity contribution is 7.07. The van der Waals surface area contributed by atoms with Crippen molar-refractivity contribution < 1.29 is 9.90 Å². The van der Waals surface area contributed by atoms with Crippen molar-refractivity contribution in [1.82, 2.24) is 25.5 Å². The Morgan fingerprint density at radius 3 is 2.95 bits per heavy atom. The Morgan fingerprint density at radius 1 is 1.36 bits per heavy atom. The zero-order valence-electron chi connectivity index (χ0n) is 11.5. The van der Waals surface area contributed by atoms with E-state index in [0.717, 1.165) is 5.56 Å². The van der Waals surface area contributed by atoms with Crippen LogP contribution in [0.15, 0.2) is 47.4 Å². The van der Waals surface area contributed by atoms with E-state index >= 15 is 0 Å². The van der Waals surface area contributed by atoms with E-state index in [-0.39, 0.29) is 12.5 Å². The van der Waals surface area contributed by atoms with Gasteiger partial charge in [-0.25, -0.2) is 0 Å². The van der Waals surface area contributed by atoms with Crippen LogP contribution >= 0.6 is 11.3 Å². The first-order chi connectivity index (χ1) is 10.8. The van der Waals surface area contributed by atoms with Crippen LogP contribution in [0.1, 0.15) is 22.0 Å². The lowest BCUT2D eigenvalue weighted by Crippen LogP contribution is -2.29. The van der Waals surface area contributed by atoms with Crippen molar-refractivity contribution in [3.8, 4) is 5.69 Å². The Balaban J connectivity index is 1.73. The standard InChI is InChI=1S/C14H13N5O2S/c20-13(10-5-6-22-8-10)7-15-14(21)11-3-1-2-4-12(11)19-9-16-17-18-19/h1-6,8-9,13,20H,7H2,(H,15,21). The van der Waals surface area contributed by atoms with Gasteiger partial charge in [-0.15, -0.1) is 5.10 Å². The molecule has 0 spiro atoms. The molecular formula is C14H13N5O2S. The summed E-state index contributed by atoms with van der Waals surface area (Å²) in [5, 5.41) is 27.4.